The van der Waals surface area contributed by atoms with E-state index in [-0.39, 0.29) is 0 Å². The second-order valence-electron chi connectivity index (χ2n) is 4.51. The van der Waals surface area contributed by atoms with Gasteiger partial charge in [-0.15, -0.1) is 0 Å². The van der Waals surface area contributed by atoms with E-state index in [0.29, 0.717) is 18.2 Å². The third-order valence-electron chi connectivity index (χ3n) is 3.50. The lowest BCUT2D eigenvalue weighted by molar-refractivity contribution is 0.0259. The predicted octanol–water partition coefficient (Wildman–Crippen LogP) is 2.27. The standard InChI is InChI=1S/C13H17NO/c1-2-5-10(6-3-1)13-9-11-12(15-13)7-4-8-14-11/h1-3,5-6,11-14H,4,7-9H2/t11-,12+,13+/m1/s1. The lowest BCUT2D eigenvalue weighted by Crippen LogP contribution is -2.41. The molecule has 1 aromatic rings. The summed E-state index contributed by atoms with van der Waals surface area (Å²) in [4.78, 5) is 0. The van der Waals surface area contributed by atoms with Crippen molar-refractivity contribution in [1.29, 1.82) is 0 Å². The molecule has 0 saturated carbocycles. The van der Waals surface area contributed by atoms with Crippen LogP contribution in [0, 0.1) is 0 Å². The van der Waals surface area contributed by atoms with Crippen LogP contribution in [0.5, 0.6) is 0 Å². The average molecular weight is 203 g/mol. The number of fused-ring (bicyclic) bond motifs is 1. The van der Waals surface area contributed by atoms with Gasteiger partial charge in [0, 0.05) is 6.04 Å². The third kappa shape index (κ3) is 1.80. The summed E-state index contributed by atoms with van der Waals surface area (Å²) in [6.45, 7) is 1.16. The average Bonchev–Trinajstić information content (AvgIpc) is 2.74. The summed E-state index contributed by atoms with van der Waals surface area (Å²) in [5, 5.41) is 3.56. The van der Waals surface area contributed by atoms with E-state index in [2.05, 4.69) is 35.6 Å². The minimum Gasteiger partial charge on any atom is -0.369 e. The quantitative estimate of drug-likeness (QED) is 0.756. The van der Waals surface area contributed by atoms with Gasteiger partial charge >= 0.3 is 0 Å². The molecule has 0 unspecified atom stereocenters. The van der Waals surface area contributed by atoms with Gasteiger partial charge in [0.1, 0.15) is 0 Å². The van der Waals surface area contributed by atoms with Crippen LogP contribution >= 0.6 is 0 Å². The number of benzene rings is 1. The second kappa shape index (κ2) is 3.95. The summed E-state index contributed by atoms with van der Waals surface area (Å²) >= 11 is 0. The fourth-order valence-corrected chi connectivity index (χ4v) is 2.70. The van der Waals surface area contributed by atoms with Gasteiger partial charge in [0.2, 0.25) is 0 Å². The first-order valence-corrected chi connectivity index (χ1v) is 5.87. The fourth-order valence-electron chi connectivity index (χ4n) is 2.70. The molecule has 0 radical (unpaired) electrons. The lowest BCUT2D eigenvalue weighted by atomic mass is 9.98. The molecule has 2 fully saturated rings. The molecule has 2 aliphatic heterocycles. The Morgan fingerprint density at radius 2 is 2.07 bits per heavy atom. The molecule has 2 nitrogen and oxygen atoms in total. The Morgan fingerprint density at radius 1 is 1.20 bits per heavy atom. The Morgan fingerprint density at radius 3 is 2.87 bits per heavy atom. The topological polar surface area (TPSA) is 21.3 Å². The van der Waals surface area contributed by atoms with Gasteiger partial charge in [-0.05, 0) is 31.4 Å². The Hall–Kier alpha value is -0.860. The van der Waals surface area contributed by atoms with Crippen LogP contribution in [-0.2, 0) is 4.74 Å². The summed E-state index contributed by atoms with van der Waals surface area (Å²) in [7, 11) is 0. The lowest BCUT2D eigenvalue weighted by Gasteiger charge is -2.24. The van der Waals surface area contributed by atoms with E-state index >= 15 is 0 Å². The molecule has 0 aromatic heterocycles. The maximum atomic E-state index is 6.09. The van der Waals surface area contributed by atoms with Gasteiger partial charge in [-0.2, -0.15) is 0 Å². The highest BCUT2D eigenvalue weighted by atomic mass is 16.5. The highest BCUT2D eigenvalue weighted by molar-refractivity contribution is 5.19. The number of rotatable bonds is 1. The van der Waals surface area contributed by atoms with Crippen molar-refractivity contribution in [3.05, 3.63) is 35.9 Å². The van der Waals surface area contributed by atoms with Crippen LogP contribution in [0.25, 0.3) is 0 Å². The molecule has 1 aromatic carbocycles. The van der Waals surface area contributed by atoms with E-state index in [1.54, 1.807) is 0 Å². The molecule has 3 rings (SSSR count). The molecule has 0 spiro atoms. The molecule has 1 N–H and O–H groups in total. The van der Waals surface area contributed by atoms with E-state index in [9.17, 15) is 0 Å². The molecule has 0 amide bonds. The highest BCUT2D eigenvalue weighted by Crippen LogP contribution is 2.35. The summed E-state index contributed by atoms with van der Waals surface area (Å²) in [5.41, 5.74) is 1.33. The molecule has 2 aliphatic rings. The summed E-state index contributed by atoms with van der Waals surface area (Å²) in [6.07, 6.45) is 4.37. The van der Waals surface area contributed by atoms with Crippen molar-refractivity contribution >= 4 is 0 Å². The maximum absolute atomic E-state index is 6.09. The van der Waals surface area contributed by atoms with Crippen LogP contribution in [0.3, 0.4) is 0 Å². The number of nitrogens with one attached hydrogen (secondary N) is 1. The molecular formula is C13H17NO. The molecule has 0 bridgehead atoms. The van der Waals surface area contributed by atoms with Crippen molar-refractivity contribution in [2.45, 2.75) is 37.5 Å². The van der Waals surface area contributed by atoms with Crippen molar-refractivity contribution in [2.75, 3.05) is 6.54 Å². The van der Waals surface area contributed by atoms with Gasteiger partial charge in [-0.25, -0.2) is 0 Å². The number of hydrogen-bond donors (Lipinski definition) is 1. The minimum atomic E-state index is 0.312. The SMILES string of the molecule is c1ccc([C@@H]2C[C@H]3NCCC[C@@H]3O2)cc1. The maximum Gasteiger partial charge on any atom is 0.0845 e. The second-order valence-corrected chi connectivity index (χ2v) is 4.51. The first-order valence-electron chi connectivity index (χ1n) is 5.87. The largest absolute Gasteiger partial charge is 0.369 e. The first-order chi connectivity index (χ1) is 7.43. The number of piperidine rings is 1. The normalized spacial score (nSPS) is 35.1. The van der Waals surface area contributed by atoms with Gasteiger partial charge in [-0.3, -0.25) is 0 Å². The summed E-state index contributed by atoms with van der Waals surface area (Å²) in [6, 6.07) is 11.2. The smallest absolute Gasteiger partial charge is 0.0845 e. The highest BCUT2D eigenvalue weighted by Gasteiger charge is 2.36. The monoisotopic (exact) mass is 203 g/mol. The predicted molar refractivity (Wildman–Crippen MR) is 59.7 cm³/mol. The molecule has 80 valence electrons. The van der Waals surface area contributed by atoms with Gasteiger partial charge in [0.05, 0.1) is 12.2 Å². The summed E-state index contributed by atoms with van der Waals surface area (Å²) in [5.74, 6) is 0. The zero-order chi connectivity index (χ0) is 10.1. The van der Waals surface area contributed by atoms with E-state index < -0.39 is 0 Å². The van der Waals surface area contributed by atoms with Gasteiger partial charge in [0.15, 0.2) is 0 Å². The van der Waals surface area contributed by atoms with Crippen LogP contribution in [0.4, 0.5) is 0 Å². The van der Waals surface area contributed by atoms with Crippen LogP contribution in [0.1, 0.15) is 30.9 Å². The zero-order valence-corrected chi connectivity index (χ0v) is 8.86. The van der Waals surface area contributed by atoms with Crippen LogP contribution < -0.4 is 5.32 Å². The molecule has 15 heavy (non-hydrogen) atoms. The molecule has 3 atom stereocenters. The molecule has 2 saturated heterocycles. The number of ether oxygens (including phenoxy) is 1. The number of hydrogen-bond acceptors (Lipinski definition) is 2. The van der Waals surface area contributed by atoms with Gasteiger partial charge in [-0.1, -0.05) is 30.3 Å². The Kier molecular flexibility index (Phi) is 2.47. The van der Waals surface area contributed by atoms with Crippen LogP contribution in [-0.4, -0.2) is 18.7 Å². The van der Waals surface area contributed by atoms with Crippen LogP contribution in [0.2, 0.25) is 0 Å². The molecule has 0 aliphatic carbocycles. The van der Waals surface area contributed by atoms with Crippen molar-refractivity contribution in [2.24, 2.45) is 0 Å². The zero-order valence-electron chi connectivity index (χ0n) is 8.86. The van der Waals surface area contributed by atoms with E-state index in [1.165, 1.54) is 18.4 Å². The van der Waals surface area contributed by atoms with E-state index in [0.717, 1.165) is 13.0 Å². The molecule has 2 heteroatoms. The first kappa shape index (κ1) is 9.37. The van der Waals surface area contributed by atoms with E-state index in [1.807, 2.05) is 0 Å². The van der Waals surface area contributed by atoms with Crippen molar-refractivity contribution in [1.82, 2.24) is 5.32 Å². The van der Waals surface area contributed by atoms with Crippen molar-refractivity contribution in [3.63, 3.8) is 0 Å². The Labute approximate surface area is 90.6 Å². The van der Waals surface area contributed by atoms with Crippen LogP contribution in [0.15, 0.2) is 30.3 Å². The van der Waals surface area contributed by atoms with Crippen molar-refractivity contribution < 1.29 is 4.74 Å². The van der Waals surface area contributed by atoms with Gasteiger partial charge in [0.25, 0.3) is 0 Å². The third-order valence-corrected chi connectivity index (χ3v) is 3.50. The Bertz CT molecular complexity index is 311. The molecular weight excluding hydrogens is 186 g/mol. The van der Waals surface area contributed by atoms with E-state index in [4.69, 9.17) is 4.74 Å². The fraction of sp³-hybridized carbons (Fsp3) is 0.538. The Balaban J connectivity index is 1.75. The van der Waals surface area contributed by atoms with Crippen molar-refractivity contribution in [3.8, 4) is 0 Å². The molecule has 2 heterocycles. The van der Waals surface area contributed by atoms with Gasteiger partial charge < -0.3 is 10.1 Å². The minimum absolute atomic E-state index is 0.312. The summed E-state index contributed by atoms with van der Waals surface area (Å²) < 4.78 is 6.09.